The molecule has 0 saturated heterocycles. The Morgan fingerprint density at radius 3 is 2.88 bits per heavy atom. The smallest absolute Gasteiger partial charge is 0.272 e. The minimum Gasteiger partial charge on any atom is -0.394 e. The Bertz CT molecular complexity index is 860. The molecule has 2 atom stereocenters. The predicted octanol–water partition coefficient (Wildman–Crippen LogP) is 1.98. The Labute approximate surface area is 153 Å². The standard InChI is InChI=1S/C17H17ClF2N4O2/c18-10-1-2-21-13(5-10)24-15-11-3-9(11)4-12(15)14(23-24)16(26)22-17(6-19,7-20)8-25/h1-2,5,9,11,25H,3-4,6-8H2,(H,22,26)/t9-,11-/m0/s1. The Morgan fingerprint density at radius 2 is 2.23 bits per heavy atom. The van der Waals surface area contributed by atoms with Gasteiger partial charge in [-0.25, -0.2) is 18.4 Å². The van der Waals surface area contributed by atoms with Gasteiger partial charge in [-0.2, -0.15) is 5.10 Å². The zero-order valence-electron chi connectivity index (χ0n) is 13.8. The van der Waals surface area contributed by atoms with Gasteiger partial charge in [-0.3, -0.25) is 4.79 Å². The average Bonchev–Trinajstić information content (AvgIpc) is 3.15. The third kappa shape index (κ3) is 2.68. The van der Waals surface area contributed by atoms with Crippen molar-refractivity contribution >= 4 is 17.5 Å². The first kappa shape index (κ1) is 17.4. The van der Waals surface area contributed by atoms with E-state index in [-0.39, 0.29) is 5.69 Å². The first-order valence-electron chi connectivity index (χ1n) is 8.31. The molecule has 4 rings (SSSR count). The zero-order chi connectivity index (χ0) is 18.5. The van der Waals surface area contributed by atoms with E-state index in [0.29, 0.717) is 29.1 Å². The highest BCUT2D eigenvalue weighted by molar-refractivity contribution is 6.30. The minimum absolute atomic E-state index is 0.119. The number of amides is 1. The highest BCUT2D eigenvalue weighted by Crippen LogP contribution is 2.57. The van der Waals surface area contributed by atoms with Crippen LogP contribution in [-0.2, 0) is 6.42 Å². The van der Waals surface area contributed by atoms with E-state index >= 15 is 0 Å². The van der Waals surface area contributed by atoms with E-state index in [9.17, 15) is 18.7 Å². The molecule has 6 nitrogen and oxygen atoms in total. The van der Waals surface area contributed by atoms with E-state index in [1.165, 1.54) is 0 Å². The summed E-state index contributed by atoms with van der Waals surface area (Å²) in [5, 5.41) is 16.4. The lowest BCUT2D eigenvalue weighted by Crippen LogP contribution is -2.55. The van der Waals surface area contributed by atoms with Crippen LogP contribution in [0.25, 0.3) is 5.82 Å². The first-order valence-corrected chi connectivity index (χ1v) is 8.68. The highest BCUT2D eigenvalue weighted by Gasteiger charge is 2.50. The van der Waals surface area contributed by atoms with Crippen LogP contribution < -0.4 is 5.32 Å². The van der Waals surface area contributed by atoms with Crippen molar-refractivity contribution in [1.82, 2.24) is 20.1 Å². The monoisotopic (exact) mass is 382 g/mol. The first-order chi connectivity index (χ1) is 12.5. The van der Waals surface area contributed by atoms with Crippen LogP contribution in [0.15, 0.2) is 18.3 Å². The van der Waals surface area contributed by atoms with E-state index in [4.69, 9.17) is 11.6 Å². The molecule has 2 aromatic heterocycles. The molecule has 138 valence electrons. The van der Waals surface area contributed by atoms with Gasteiger partial charge in [-0.15, -0.1) is 0 Å². The van der Waals surface area contributed by atoms with Gasteiger partial charge in [0.2, 0.25) is 0 Å². The van der Waals surface area contributed by atoms with Crippen LogP contribution in [-0.4, -0.2) is 51.3 Å². The Kier molecular flexibility index (Phi) is 4.19. The lowest BCUT2D eigenvalue weighted by molar-refractivity contribution is 0.0707. The summed E-state index contributed by atoms with van der Waals surface area (Å²) in [6, 6.07) is 3.29. The second kappa shape index (κ2) is 6.28. The number of nitrogens with one attached hydrogen (secondary N) is 1. The summed E-state index contributed by atoms with van der Waals surface area (Å²) in [6.07, 6.45) is 3.27. The fourth-order valence-electron chi connectivity index (χ4n) is 3.51. The molecule has 2 N–H and O–H groups in total. The fraction of sp³-hybridized carbons (Fsp3) is 0.471. The number of hydrogen-bond acceptors (Lipinski definition) is 4. The molecule has 2 aliphatic carbocycles. The number of pyridine rings is 1. The van der Waals surface area contributed by atoms with Crippen LogP contribution in [0.1, 0.15) is 34.1 Å². The van der Waals surface area contributed by atoms with Crippen molar-refractivity contribution < 1.29 is 18.7 Å². The molecule has 0 unspecified atom stereocenters. The van der Waals surface area contributed by atoms with Gasteiger partial charge in [-0.05, 0) is 24.8 Å². The SMILES string of the molecule is O=C(NC(CO)(CF)CF)c1nn(-c2cc(Cl)ccn2)c2c1C[C@@H]1C[C@H]21. The molecule has 9 heteroatoms. The number of carbonyl (C=O) groups excluding carboxylic acids is 1. The summed E-state index contributed by atoms with van der Waals surface area (Å²) >= 11 is 6.03. The minimum atomic E-state index is -1.94. The molecule has 2 aliphatic rings. The molecule has 2 heterocycles. The highest BCUT2D eigenvalue weighted by atomic mass is 35.5. The van der Waals surface area contributed by atoms with Crippen molar-refractivity contribution in [3.8, 4) is 5.82 Å². The second-order valence-electron chi connectivity index (χ2n) is 6.92. The topological polar surface area (TPSA) is 80.0 Å². The van der Waals surface area contributed by atoms with Crippen LogP contribution >= 0.6 is 11.6 Å². The molecule has 26 heavy (non-hydrogen) atoms. The van der Waals surface area contributed by atoms with Crippen molar-refractivity contribution in [3.05, 3.63) is 40.3 Å². The third-order valence-corrected chi connectivity index (χ3v) is 5.33. The van der Waals surface area contributed by atoms with Gasteiger partial charge in [0.25, 0.3) is 5.91 Å². The molecular formula is C17H17ClF2N4O2. The van der Waals surface area contributed by atoms with Gasteiger partial charge in [0.05, 0.1) is 12.3 Å². The molecule has 0 radical (unpaired) electrons. The maximum absolute atomic E-state index is 13.2. The number of fused-ring (bicyclic) bond motifs is 3. The predicted molar refractivity (Wildman–Crippen MR) is 90.2 cm³/mol. The molecule has 0 bridgehead atoms. The number of aliphatic hydroxyl groups is 1. The van der Waals surface area contributed by atoms with Crippen LogP contribution in [0, 0.1) is 5.92 Å². The lowest BCUT2D eigenvalue weighted by Gasteiger charge is -2.26. The van der Waals surface area contributed by atoms with E-state index in [1.54, 1.807) is 23.0 Å². The maximum Gasteiger partial charge on any atom is 0.272 e. The van der Waals surface area contributed by atoms with Crippen LogP contribution in [0.2, 0.25) is 5.02 Å². The van der Waals surface area contributed by atoms with Gasteiger partial charge in [0.15, 0.2) is 11.5 Å². The zero-order valence-corrected chi connectivity index (χ0v) is 14.5. The van der Waals surface area contributed by atoms with Crippen LogP contribution in [0.5, 0.6) is 0 Å². The fourth-order valence-corrected chi connectivity index (χ4v) is 3.66. The van der Waals surface area contributed by atoms with Crippen molar-refractivity contribution in [2.75, 3.05) is 20.0 Å². The molecule has 0 aliphatic heterocycles. The van der Waals surface area contributed by atoms with Gasteiger partial charge in [0, 0.05) is 28.8 Å². The normalized spacial score (nSPS) is 20.6. The van der Waals surface area contributed by atoms with E-state index in [1.807, 2.05) is 0 Å². The van der Waals surface area contributed by atoms with Crippen molar-refractivity contribution in [3.63, 3.8) is 0 Å². The molecule has 1 fully saturated rings. The second-order valence-corrected chi connectivity index (χ2v) is 7.36. The number of aliphatic hydroxyl groups excluding tert-OH is 1. The Hall–Kier alpha value is -2.06. The van der Waals surface area contributed by atoms with Crippen molar-refractivity contribution in [2.24, 2.45) is 5.92 Å². The summed E-state index contributed by atoms with van der Waals surface area (Å²) in [4.78, 5) is 16.9. The molecular weight excluding hydrogens is 366 g/mol. The molecule has 0 aromatic carbocycles. The third-order valence-electron chi connectivity index (χ3n) is 5.10. The lowest BCUT2D eigenvalue weighted by atomic mass is 10.0. The van der Waals surface area contributed by atoms with Crippen molar-refractivity contribution in [2.45, 2.75) is 24.3 Å². The number of alkyl halides is 2. The van der Waals surface area contributed by atoms with E-state index in [2.05, 4.69) is 15.4 Å². The van der Waals surface area contributed by atoms with Crippen molar-refractivity contribution in [1.29, 1.82) is 0 Å². The molecule has 1 amide bonds. The Balaban J connectivity index is 1.73. The summed E-state index contributed by atoms with van der Waals surface area (Å²) in [7, 11) is 0. The summed E-state index contributed by atoms with van der Waals surface area (Å²) in [5.41, 5.74) is -0.141. The number of aromatic nitrogens is 3. The number of halogens is 3. The summed E-state index contributed by atoms with van der Waals surface area (Å²) in [6.45, 7) is -3.26. The van der Waals surface area contributed by atoms with Crippen LogP contribution in [0.4, 0.5) is 8.78 Å². The average molecular weight is 383 g/mol. The van der Waals surface area contributed by atoms with Crippen LogP contribution in [0.3, 0.4) is 0 Å². The molecule has 2 aromatic rings. The Morgan fingerprint density at radius 1 is 1.46 bits per heavy atom. The van der Waals surface area contributed by atoms with Gasteiger partial charge in [-0.1, -0.05) is 11.6 Å². The summed E-state index contributed by atoms with van der Waals surface area (Å²) in [5.74, 6) is 0.562. The number of nitrogens with zero attached hydrogens (tertiary/aromatic N) is 3. The van der Waals surface area contributed by atoms with E-state index in [0.717, 1.165) is 17.7 Å². The number of carbonyl (C=O) groups is 1. The van der Waals surface area contributed by atoms with Gasteiger partial charge >= 0.3 is 0 Å². The van der Waals surface area contributed by atoms with E-state index < -0.39 is 31.4 Å². The largest absolute Gasteiger partial charge is 0.394 e. The number of rotatable bonds is 6. The molecule has 0 spiro atoms. The summed E-state index contributed by atoms with van der Waals surface area (Å²) < 4.78 is 28.0. The van der Waals surface area contributed by atoms with Gasteiger partial charge in [0.1, 0.15) is 18.9 Å². The maximum atomic E-state index is 13.2. The molecule has 1 saturated carbocycles. The van der Waals surface area contributed by atoms with Gasteiger partial charge < -0.3 is 10.4 Å². The quantitative estimate of drug-likeness (QED) is 0.800. The number of hydrogen-bond donors (Lipinski definition) is 2.